The lowest BCUT2D eigenvalue weighted by atomic mass is 9.98. The van der Waals surface area contributed by atoms with Crippen LogP contribution in [-0.2, 0) is 6.42 Å². The van der Waals surface area contributed by atoms with Gasteiger partial charge in [-0.25, -0.2) is 4.39 Å². The molecule has 16 heavy (non-hydrogen) atoms. The molecule has 88 valence electrons. The number of methoxy groups -OCH3 is 1. The molecule has 1 unspecified atom stereocenters. The van der Waals surface area contributed by atoms with Crippen molar-refractivity contribution in [1.82, 2.24) is 5.32 Å². The van der Waals surface area contributed by atoms with Crippen LogP contribution in [0.4, 0.5) is 4.39 Å². The Morgan fingerprint density at radius 1 is 1.56 bits per heavy atom. The van der Waals surface area contributed by atoms with Crippen LogP contribution in [-0.4, -0.2) is 20.2 Å². The number of rotatable bonds is 3. The lowest BCUT2D eigenvalue weighted by Crippen LogP contribution is -2.12. The predicted octanol–water partition coefficient (Wildman–Crippen LogP) is 2.64. The summed E-state index contributed by atoms with van der Waals surface area (Å²) in [6.07, 6.45) is 1.75. The normalized spacial score (nSPS) is 20.1. The molecule has 2 rings (SSSR count). The molecule has 1 aromatic rings. The molecule has 1 aromatic carbocycles. The van der Waals surface area contributed by atoms with Crippen LogP contribution in [0.15, 0.2) is 12.1 Å². The lowest BCUT2D eigenvalue weighted by Gasteiger charge is -2.13. The van der Waals surface area contributed by atoms with E-state index in [1.165, 1.54) is 7.11 Å². The van der Waals surface area contributed by atoms with Gasteiger partial charge in [-0.3, -0.25) is 0 Å². The Morgan fingerprint density at radius 3 is 3.00 bits per heavy atom. The fourth-order valence-electron chi connectivity index (χ4n) is 2.10. The van der Waals surface area contributed by atoms with E-state index in [2.05, 4.69) is 5.32 Å². The first-order valence-electron chi connectivity index (χ1n) is 5.44. The first kappa shape index (κ1) is 11.7. The third-order valence-electron chi connectivity index (χ3n) is 3.03. The fraction of sp³-hybridized carbons (Fsp3) is 0.500. The Labute approximate surface area is 99.7 Å². The first-order valence-corrected chi connectivity index (χ1v) is 5.81. The Morgan fingerprint density at radius 2 is 2.38 bits per heavy atom. The minimum absolute atomic E-state index is 0.269. The summed E-state index contributed by atoms with van der Waals surface area (Å²) >= 11 is 6.02. The van der Waals surface area contributed by atoms with Crippen molar-refractivity contribution < 1.29 is 9.13 Å². The smallest absolute Gasteiger partial charge is 0.169 e. The van der Waals surface area contributed by atoms with Gasteiger partial charge in [0.1, 0.15) is 0 Å². The van der Waals surface area contributed by atoms with Gasteiger partial charge in [-0.05, 0) is 44.0 Å². The summed E-state index contributed by atoms with van der Waals surface area (Å²) < 4.78 is 18.9. The van der Waals surface area contributed by atoms with Crippen molar-refractivity contribution in [3.8, 4) is 5.75 Å². The van der Waals surface area contributed by atoms with Crippen LogP contribution >= 0.6 is 11.6 Å². The standard InChI is InChI=1S/C12H15ClFNO/c1-16-11-3-2-10(13)9(12(11)14)6-8-4-5-15-7-8/h2-3,8,15H,4-7H2,1H3. The molecule has 0 spiro atoms. The summed E-state index contributed by atoms with van der Waals surface area (Å²) in [5, 5.41) is 3.75. The molecule has 1 aliphatic heterocycles. The molecule has 1 aliphatic rings. The molecule has 2 nitrogen and oxygen atoms in total. The number of benzene rings is 1. The molecular formula is C12H15ClFNO. The Kier molecular flexibility index (Phi) is 3.66. The molecule has 1 fully saturated rings. The number of hydrogen-bond donors (Lipinski definition) is 1. The van der Waals surface area contributed by atoms with E-state index in [4.69, 9.17) is 16.3 Å². The van der Waals surface area contributed by atoms with Crippen molar-refractivity contribution in [2.75, 3.05) is 20.2 Å². The van der Waals surface area contributed by atoms with Crippen molar-refractivity contribution in [2.24, 2.45) is 5.92 Å². The number of ether oxygens (including phenoxy) is 1. The summed E-state index contributed by atoms with van der Waals surface area (Å²) in [4.78, 5) is 0. The zero-order valence-electron chi connectivity index (χ0n) is 9.22. The van der Waals surface area contributed by atoms with Crippen LogP contribution in [0.2, 0.25) is 5.02 Å². The zero-order chi connectivity index (χ0) is 11.5. The second kappa shape index (κ2) is 5.02. The van der Waals surface area contributed by atoms with Gasteiger partial charge < -0.3 is 10.1 Å². The van der Waals surface area contributed by atoms with Crippen LogP contribution in [0.5, 0.6) is 5.75 Å². The van der Waals surface area contributed by atoms with Crippen molar-refractivity contribution in [2.45, 2.75) is 12.8 Å². The Bertz CT molecular complexity index is 378. The second-order valence-electron chi connectivity index (χ2n) is 4.11. The van der Waals surface area contributed by atoms with Crippen LogP contribution in [0.3, 0.4) is 0 Å². The maximum Gasteiger partial charge on any atom is 0.169 e. The van der Waals surface area contributed by atoms with Crippen LogP contribution in [0.1, 0.15) is 12.0 Å². The summed E-state index contributed by atoms with van der Waals surface area (Å²) in [5.41, 5.74) is 0.578. The lowest BCUT2D eigenvalue weighted by molar-refractivity contribution is 0.382. The largest absolute Gasteiger partial charge is 0.494 e. The molecule has 0 aliphatic carbocycles. The van der Waals surface area contributed by atoms with Gasteiger partial charge in [0.15, 0.2) is 11.6 Å². The molecule has 1 heterocycles. The number of halogens is 2. The summed E-state index contributed by atoms with van der Waals surface area (Å²) in [5.74, 6) is 0.423. The molecule has 1 N–H and O–H groups in total. The molecule has 0 aromatic heterocycles. The van der Waals surface area contributed by atoms with Gasteiger partial charge in [0, 0.05) is 10.6 Å². The minimum Gasteiger partial charge on any atom is -0.494 e. The molecule has 0 amide bonds. The maximum absolute atomic E-state index is 14.0. The number of nitrogens with one attached hydrogen (secondary N) is 1. The molecule has 0 saturated carbocycles. The van der Waals surface area contributed by atoms with E-state index in [1.54, 1.807) is 12.1 Å². The highest BCUT2D eigenvalue weighted by Crippen LogP contribution is 2.30. The molecule has 1 saturated heterocycles. The highest BCUT2D eigenvalue weighted by atomic mass is 35.5. The Balaban J connectivity index is 2.23. The van der Waals surface area contributed by atoms with Gasteiger partial charge in [-0.15, -0.1) is 0 Å². The Hall–Kier alpha value is -0.800. The molecule has 0 radical (unpaired) electrons. The van der Waals surface area contributed by atoms with Crippen LogP contribution in [0, 0.1) is 11.7 Å². The quantitative estimate of drug-likeness (QED) is 0.881. The summed E-state index contributed by atoms with van der Waals surface area (Å²) in [7, 11) is 1.47. The average molecular weight is 244 g/mol. The van der Waals surface area contributed by atoms with Gasteiger partial charge in [0.25, 0.3) is 0 Å². The van der Waals surface area contributed by atoms with E-state index >= 15 is 0 Å². The third-order valence-corrected chi connectivity index (χ3v) is 3.38. The second-order valence-corrected chi connectivity index (χ2v) is 4.51. The molecule has 1 atom stereocenters. The van der Waals surface area contributed by atoms with E-state index in [0.29, 0.717) is 22.9 Å². The maximum atomic E-state index is 14.0. The zero-order valence-corrected chi connectivity index (χ0v) is 9.98. The van der Waals surface area contributed by atoms with E-state index in [0.717, 1.165) is 19.5 Å². The van der Waals surface area contributed by atoms with Gasteiger partial charge in [-0.2, -0.15) is 0 Å². The monoisotopic (exact) mass is 243 g/mol. The molecule has 4 heteroatoms. The average Bonchev–Trinajstić information content (AvgIpc) is 2.77. The summed E-state index contributed by atoms with van der Waals surface area (Å²) in [6.45, 7) is 1.95. The number of hydrogen-bond acceptors (Lipinski definition) is 2. The molecular weight excluding hydrogens is 229 g/mol. The van der Waals surface area contributed by atoms with Crippen molar-refractivity contribution >= 4 is 11.6 Å². The van der Waals surface area contributed by atoms with Crippen molar-refractivity contribution in [1.29, 1.82) is 0 Å². The SMILES string of the molecule is COc1ccc(Cl)c(CC2CCNC2)c1F. The van der Waals surface area contributed by atoms with Crippen LogP contribution < -0.4 is 10.1 Å². The third kappa shape index (κ3) is 2.30. The molecule has 0 bridgehead atoms. The van der Waals surface area contributed by atoms with Gasteiger partial charge in [0.2, 0.25) is 0 Å². The highest BCUT2D eigenvalue weighted by molar-refractivity contribution is 6.31. The fourth-order valence-corrected chi connectivity index (χ4v) is 2.32. The van der Waals surface area contributed by atoms with E-state index < -0.39 is 0 Å². The van der Waals surface area contributed by atoms with E-state index in [9.17, 15) is 4.39 Å². The predicted molar refractivity (Wildman–Crippen MR) is 62.6 cm³/mol. The van der Waals surface area contributed by atoms with Gasteiger partial charge in [0.05, 0.1) is 7.11 Å². The van der Waals surface area contributed by atoms with Crippen LogP contribution in [0.25, 0.3) is 0 Å². The summed E-state index contributed by atoms with van der Waals surface area (Å²) in [6, 6.07) is 3.26. The van der Waals surface area contributed by atoms with Crippen molar-refractivity contribution in [3.63, 3.8) is 0 Å². The topological polar surface area (TPSA) is 21.3 Å². The minimum atomic E-state index is -0.318. The van der Waals surface area contributed by atoms with Crippen molar-refractivity contribution in [3.05, 3.63) is 28.5 Å². The van der Waals surface area contributed by atoms with Gasteiger partial charge >= 0.3 is 0 Å². The van der Waals surface area contributed by atoms with Gasteiger partial charge in [-0.1, -0.05) is 11.6 Å². The first-order chi connectivity index (χ1) is 7.72. The van der Waals surface area contributed by atoms with E-state index in [1.807, 2.05) is 0 Å². The van der Waals surface area contributed by atoms with E-state index in [-0.39, 0.29) is 11.6 Å². The highest BCUT2D eigenvalue weighted by Gasteiger charge is 2.20.